The highest BCUT2D eigenvalue weighted by atomic mass is 16.6. The molecule has 3 heteroatoms. The van der Waals surface area contributed by atoms with Gasteiger partial charge in [0.1, 0.15) is 0 Å². The summed E-state index contributed by atoms with van der Waals surface area (Å²) in [5.74, 6) is 0. The summed E-state index contributed by atoms with van der Waals surface area (Å²) in [6.07, 6.45) is 3.14. The molecule has 0 aromatic carbocycles. The molecular weight excluding hydrogens is 144 g/mol. The Hall–Kier alpha value is -0.120. The van der Waals surface area contributed by atoms with Crippen LogP contribution in [-0.2, 0) is 14.2 Å². The van der Waals surface area contributed by atoms with Crippen molar-refractivity contribution in [2.24, 2.45) is 0 Å². The lowest BCUT2D eigenvalue weighted by Crippen LogP contribution is -2.02. The number of hydrogen-bond acceptors (Lipinski definition) is 3. The van der Waals surface area contributed by atoms with Gasteiger partial charge in [0.15, 0.2) is 0 Å². The van der Waals surface area contributed by atoms with E-state index in [0.29, 0.717) is 12.2 Å². The van der Waals surface area contributed by atoms with Gasteiger partial charge < -0.3 is 14.2 Å². The largest absolute Gasteiger partial charge is 0.381 e. The maximum absolute atomic E-state index is 5.38. The van der Waals surface area contributed by atoms with Crippen LogP contribution in [0.15, 0.2) is 0 Å². The highest BCUT2D eigenvalue weighted by Crippen LogP contribution is 2.15. The normalized spacial score (nSPS) is 33.8. The Morgan fingerprint density at radius 1 is 1.00 bits per heavy atom. The minimum atomic E-state index is 0.507. The highest BCUT2D eigenvalue weighted by Gasteiger charge is 2.23. The lowest BCUT2D eigenvalue weighted by atomic mass is 10.3. The van der Waals surface area contributed by atoms with Crippen LogP contribution >= 0.6 is 0 Å². The summed E-state index contributed by atoms with van der Waals surface area (Å²) < 4.78 is 15.5. The van der Waals surface area contributed by atoms with E-state index < -0.39 is 0 Å². The maximum Gasteiger partial charge on any atom is 0.0831 e. The smallest absolute Gasteiger partial charge is 0.0831 e. The van der Waals surface area contributed by atoms with Gasteiger partial charge in [-0.05, 0) is 12.8 Å². The molecule has 2 saturated heterocycles. The molecule has 0 spiro atoms. The van der Waals surface area contributed by atoms with Gasteiger partial charge in [0.25, 0.3) is 0 Å². The van der Waals surface area contributed by atoms with E-state index in [-0.39, 0.29) is 0 Å². The first-order valence-electron chi connectivity index (χ1n) is 4.26. The molecule has 0 radical (unpaired) electrons. The van der Waals surface area contributed by atoms with Crippen LogP contribution in [0.1, 0.15) is 12.8 Å². The molecule has 0 amide bonds. The predicted octanol–water partition coefficient (Wildman–Crippen LogP) is 0.581. The lowest BCUT2D eigenvalue weighted by Gasteiger charge is -1.99. The molecule has 2 heterocycles. The van der Waals surface area contributed by atoms with Crippen molar-refractivity contribution in [3.63, 3.8) is 0 Å². The second kappa shape index (κ2) is 3.52. The molecule has 2 atom stereocenters. The number of epoxide rings is 2. The SMILES string of the molecule is C(C[C@H]1CO1)OCC[C@H]1CO1. The van der Waals surface area contributed by atoms with Gasteiger partial charge in [-0.25, -0.2) is 0 Å². The van der Waals surface area contributed by atoms with Crippen molar-refractivity contribution >= 4 is 0 Å². The van der Waals surface area contributed by atoms with Gasteiger partial charge in [-0.15, -0.1) is 0 Å². The van der Waals surface area contributed by atoms with Crippen LogP contribution in [0.25, 0.3) is 0 Å². The quantitative estimate of drug-likeness (QED) is 0.419. The van der Waals surface area contributed by atoms with Gasteiger partial charge in [0.05, 0.1) is 25.4 Å². The van der Waals surface area contributed by atoms with E-state index in [1.807, 2.05) is 0 Å². The van der Waals surface area contributed by atoms with Crippen molar-refractivity contribution < 1.29 is 14.2 Å². The molecule has 0 aromatic heterocycles. The van der Waals surface area contributed by atoms with Crippen LogP contribution in [0.2, 0.25) is 0 Å². The van der Waals surface area contributed by atoms with E-state index >= 15 is 0 Å². The van der Waals surface area contributed by atoms with E-state index in [2.05, 4.69) is 0 Å². The molecule has 0 aromatic rings. The first kappa shape index (κ1) is 7.53. The Bertz CT molecular complexity index is 105. The van der Waals surface area contributed by atoms with Gasteiger partial charge in [0.2, 0.25) is 0 Å². The molecule has 2 rings (SSSR count). The summed E-state index contributed by atoms with van der Waals surface area (Å²) in [5, 5.41) is 0. The first-order chi connectivity index (χ1) is 5.45. The summed E-state index contributed by atoms with van der Waals surface area (Å²) >= 11 is 0. The third-order valence-corrected chi connectivity index (χ3v) is 1.97. The average molecular weight is 158 g/mol. The van der Waals surface area contributed by atoms with Crippen LogP contribution < -0.4 is 0 Å². The second-order valence-corrected chi connectivity index (χ2v) is 3.10. The van der Waals surface area contributed by atoms with Gasteiger partial charge in [-0.1, -0.05) is 0 Å². The third kappa shape index (κ3) is 3.18. The molecule has 0 bridgehead atoms. The van der Waals surface area contributed by atoms with Crippen LogP contribution in [0, 0.1) is 0 Å². The Morgan fingerprint density at radius 2 is 1.45 bits per heavy atom. The molecule has 0 saturated carbocycles. The average Bonchev–Trinajstić information content (AvgIpc) is 2.83. The topological polar surface area (TPSA) is 34.3 Å². The minimum Gasteiger partial charge on any atom is -0.381 e. The zero-order valence-corrected chi connectivity index (χ0v) is 6.62. The summed E-state index contributed by atoms with van der Waals surface area (Å²) in [7, 11) is 0. The number of ether oxygens (including phenoxy) is 3. The van der Waals surface area contributed by atoms with Gasteiger partial charge >= 0.3 is 0 Å². The van der Waals surface area contributed by atoms with Crippen molar-refractivity contribution in [2.75, 3.05) is 26.4 Å². The Kier molecular flexibility index (Phi) is 2.41. The van der Waals surface area contributed by atoms with Gasteiger partial charge in [-0.2, -0.15) is 0 Å². The Morgan fingerprint density at radius 3 is 1.82 bits per heavy atom. The van der Waals surface area contributed by atoms with Crippen LogP contribution in [0.5, 0.6) is 0 Å². The van der Waals surface area contributed by atoms with Crippen molar-refractivity contribution in [3.05, 3.63) is 0 Å². The summed E-state index contributed by atoms with van der Waals surface area (Å²) in [6.45, 7) is 3.57. The molecule has 2 fully saturated rings. The minimum absolute atomic E-state index is 0.507. The monoisotopic (exact) mass is 158 g/mol. The number of rotatable bonds is 6. The Labute approximate surface area is 66.6 Å². The number of hydrogen-bond donors (Lipinski definition) is 0. The second-order valence-electron chi connectivity index (χ2n) is 3.10. The highest BCUT2D eigenvalue weighted by molar-refractivity contribution is 4.69. The standard InChI is InChI=1S/C8H14O3/c1(7-5-10-7)3-9-4-2-8-6-11-8/h7-8H,1-6H2/t7-,8-/m0/s1. The third-order valence-electron chi connectivity index (χ3n) is 1.97. The molecule has 0 unspecified atom stereocenters. The van der Waals surface area contributed by atoms with Crippen molar-refractivity contribution in [2.45, 2.75) is 25.0 Å². The van der Waals surface area contributed by atoms with E-state index in [1.54, 1.807) is 0 Å². The van der Waals surface area contributed by atoms with Crippen LogP contribution in [0.4, 0.5) is 0 Å². The van der Waals surface area contributed by atoms with E-state index in [9.17, 15) is 0 Å². The maximum atomic E-state index is 5.38. The molecule has 2 aliphatic heterocycles. The molecule has 0 N–H and O–H groups in total. The van der Waals surface area contributed by atoms with Crippen LogP contribution in [0.3, 0.4) is 0 Å². The first-order valence-corrected chi connectivity index (χ1v) is 4.26. The van der Waals surface area contributed by atoms with Gasteiger partial charge in [0, 0.05) is 13.2 Å². The molecule has 0 aliphatic carbocycles. The Balaban J connectivity index is 1.35. The fraction of sp³-hybridized carbons (Fsp3) is 1.00. The van der Waals surface area contributed by atoms with E-state index in [0.717, 1.165) is 39.3 Å². The van der Waals surface area contributed by atoms with Gasteiger partial charge in [-0.3, -0.25) is 0 Å². The predicted molar refractivity (Wildman–Crippen MR) is 39.5 cm³/mol. The fourth-order valence-electron chi connectivity index (χ4n) is 1.00. The van der Waals surface area contributed by atoms with E-state index in [4.69, 9.17) is 14.2 Å². The zero-order chi connectivity index (χ0) is 7.52. The molecular formula is C8H14O3. The molecule has 2 aliphatic rings. The molecule has 11 heavy (non-hydrogen) atoms. The van der Waals surface area contributed by atoms with Crippen LogP contribution in [-0.4, -0.2) is 38.6 Å². The lowest BCUT2D eigenvalue weighted by molar-refractivity contribution is 0.118. The van der Waals surface area contributed by atoms with E-state index in [1.165, 1.54) is 0 Å². The fourth-order valence-corrected chi connectivity index (χ4v) is 1.00. The summed E-state index contributed by atoms with van der Waals surface area (Å²) in [5.41, 5.74) is 0. The summed E-state index contributed by atoms with van der Waals surface area (Å²) in [6, 6.07) is 0. The molecule has 64 valence electrons. The molecule has 3 nitrogen and oxygen atoms in total. The summed E-state index contributed by atoms with van der Waals surface area (Å²) in [4.78, 5) is 0. The zero-order valence-electron chi connectivity index (χ0n) is 6.62. The van der Waals surface area contributed by atoms with Crippen molar-refractivity contribution in [1.82, 2.24) is 0 Å². The van der Waals surface area contributed by atoms with Crippen molar-refractivity contribution in [3.8, 4) is 0 Å². The van der Waals surface area contributed by atoms with Crippen molar-refractivity contribution in [1.29, 1.82) is 0 Å².